The first-order chi connectivity index (χ1) is 10.4. The van der Waals surface area contributed by atoms with Crippen LogP contribution in [0.25, 0.3) is 6.08 Å². The number of benzene rings is 1. The molecule has 22 heavy (non-hydrogen) atoms. The number of hydrogen-bond acceptors (Lipinski definition) is 2. The van der Waals surface area contributed by atoms with Crippen molar-refractivity contribution < 1.29 is 14.4 Å². The van der Waals surface area contributed by atoms with E-state index in [4.69, 9.17) is 11.6 Å². The number of amides is 1. The lowest BCUT2D eigenvalue weighted by Crippen LogP contribution is -2.47. The molecule has 0 aliphatic heterocycles. The highest BCUT2D eigenvalue weighted by atomic mass is 35.5. The van der Waals surface area contributed by atoms with Gasteiger partial charge in [0.2, 0.25) is 5.91 Å². The largest absolute Gasteiger partial charge is 0.386 e. The third-order valence-corrected chi connectivity index (χ3v) is 3.71. The van der Waals surface area contributed by atoms with Crippen LogP contribution in [0.4, 0.5) is 0 Å². The van der Waals surface area contributed by atoms with Crippen molar-refractivity contribution in [3.63, 3.8) is 0 Å². The van der Waals surface area contributed by atoms with E-state index in [0.29, 0.717) is 17.6 Å². The van der Waals surface area contributed by atoms with E-state index in [1.165, 1.54) is 0 Å². The van der Waals surface area contributed by atoms with Crippen molar-refractivity contribution in [3.8, 4) is 0 Å². The number of hydrogen-bond donors (Lipinski definition) is 2. The number of aliphatic hydroxyl groups is 1. The Morgan fingerprint density at radius 2 is 2.05 bits per heavy atom. The van der Waals surface area contributed by atoms with Gasteiger partial charge in [0.25, 0.3) is 0 Å². The monoisotopic (exact) mass is 325 g/mol. The van der Waals surface area contributed by atoms with Gasteiger partial charge >= 0.3 is 0 Å². The maximum atomic E-state index is 11.7. The number of quaternary nitrogens is 1. The molecule has 0 aromatic heterocycles. The molecule has 1 atom stereocenters. The first-order valence-corrected chi connectivity index (χ1v) is 8.03. The maximum Gasteiger partial charge on any atom is 0.244 e. The number of halogens is 1. The van der Waals surface area contributed by atoms with Crippen LogP contribution in [0.2, 0.25) is 0 Å². The van der Waals surface area contributed by atoms with E-state index >= 15 is 0 Å². The zero-order valence-electron chi connectivity index (χ0n) is 13.3. The number of likely N-dealkylation sites (N-methyl/N-ethyl adjacent to an activating group) is 1. The van der Waals surface area contributed by atoms with Crippen LogP contribution in [0, 0.1) is 0 Å². The van der Waals surface area contributed by atoms with Gasteiger partial charge in [-0.15, -0.1) is 11.6 Å². The standard InChI is InChI=1S/C17H25ClN2O2/c1-20(2,14-16(21)13-18)12-6-11-19-17(22)10-9-15-7-4-3-5-8-15/h3-5,7-10,16,21H,6,11-14H2,1-2H3/p+1. The molecule has 4 nitrogen and oxygen atoms in total. The predicted molar refractivity (Wildman–Crippen MR) is 91.7 cm³/mol. The molecule has 0 saturated carbocycles. The van der Waals surface area contributed by atoms with Crippen molar-refractivity contribution >= 4 is 23.6 Å². The van der Waals surface area contributed by atoms with Gasteiger partial charge in [0.1, 0.15) is 12.6 Å². The van der Waals surface area contributed by atoms with Crippen molar-refractivity contribution in [2.75, 3.05) is 39.6 Å². The Kier molecular flexibility index (Phi) is 8.17. The molecule has 0 bridgehead atoms. The number of alkyl halides is 1. The summed E-state index contributed by atoms with van der Waals surface area (Å²) < 4.78 is 0.684. The van der Waals surface area contributed by atoms with Crippen LogP contribution in [0.5, 0.6) is 0 Å². The summed E-state index contributed by atoms with van der Waals surface area (Å²) in [7, 11) is 4.10. The Morgan fingerprint density at radius 1 is 1.36 bits per heavy atom. The second kappa shape index (κ2) is 9.62. The second-order valence-corrected chi connectivity index (χ2v) is 6.35. The number of nitrogens with one attached hydrogen (secondary N) is 1. The molecule has 2 N–H and O–H groups in total. The minimum absolute atomic E-state index is 0.0880. The fraction of sp³-hybridized carbons (Fsp3) is 0.471. The normalized spacial score (nSPS) is 13.3. The fourth-order valence-corrected chi connectivity index (χ4v) is 2.32. The number of carbonyl (C=O) groups is 1. The van der Waals surface area contributed by atoms with Gasteiger partial charge in [0.15, 0.2) is 0 Å². The summed E-state index contributed by atoms with van der Waals surface area (Å²) in [6.07, 6.45) is 3.71. The summed E-state index contributed by atoms with van der Waals surface area (Å²) in [6, 6.07) is 9.72. The zero-order chi connectivity index (χ0) is 16.4. The van der Waals surface area contributed by atoms with Crippen LogP contribution >= 0.6 is 11.6 Å². The van der Waals surface area contributed by atoms with Gasteiger partial charge in [-0.3, -0.25) is 4.79 Å². The molecule has 1 unspecified atom stereocenters. The molecule has 1 rings (SSSR count). The predicted octanol–water partition coefficient (Wildman–Crippen LogP) is 1.88. The Morgan fingerprint density at radius 3 is 2.68 bits per heavy atom. The maximum absolute atomic E-state index is 11.7. The summed E-state index contributed by atoms with van der Waals surface area (Å²) in [6.45, 7) is 2.11. The summed E-state index contributed by atoms with van der Waals surface area (Å²) in [5.74, 6) is 0.165. The van der Waals surface area contributed by atoms with Crippen LogP contribution < -0.4 is 5.32 Å². The topological polar surface area (TPSA) is 49.3 Å². The highest BCUT2D eigenvalue weighted by Gasteiger charge is 2.19. The van der Waals surface area contributed by atoms with Crippen LogP contribution in [0.3, 0.4) is 0 Å². The first kappa shape index (κ1) is 18.7. The highest BCUT2D eigenvalue weighted by molar-refractivity contribution is 6.18. The molecule has 5 heteroatoms. The third-order valence-electron chi connectivity index (χ3n) is 3.35. The molecule has 1 aromatic carbocycles. The van der Waals surface area contributed by atoms with Gasteiger partial charge in [-0.1, -0.05) is 30.3 Å². The Labute approximate surface area is 138 Å². The first-order valence-electron chi connectivity index (χ1n) is 7.50. The Bertz CT molecular complexity index is 475. The molecule has 122 valence electrons. The molecule has 0 aliphatic rings. The number of rotatable bonds is 9. The van der Waals surface area contributed by atoms with Gasteiger partial charge in [-0.25, -0.2) is 0 Å². The molecule has 0 fully saturated rings. The average Bonchev–Trinajstić information content (AvgIpc) is 2.50. The minimum Gasteiger partial charge on any atom is -0.386 e. The van der Waals surface area contributed by atoms with E-state index in [9.17, 15) is 9.90 Å². The van der Waals surface area contributed by atoms with Crippen molar-refractivity contribution in [1.29, 1.82) is 0 Å². The number of aliphatic hydroxyl groups excluding tert-OH is 1. The average molecular weight is 326 g/mol. The molecule has 0 aliphatic carbocycles. The fourth-order valence-electron chi connectivity index (χ4n) is 2.22. The van der Waals surface area contributed by atoms with Crippen LogP contribution in [-0.4, -0.2) is 61.2 Å². The van der Waals surface area contributed by atoms with Gasteiger partial charge in [0.05, 0.1) is 26.5 Å². The Balaban J connectivity index is 2.24. The van der Waals surface area contributed by atoms with E-state index in [1.807, 2.05) is 44.4 Å². The zero-order valence-corrected chi connectivity index (χ0v) is 14.1. The van der Waals surface area contributed by atoms with Gasteiger partial charge in [0, 0.05) is 19.0 Å². The molecule has 1 aromatic rings. The number of nitrogens with zero attached hydrogens (tertiary/aromatic N) is 1. The van der Waals surface area contributed by atoms with Gasteiger partial charge in [-0.05, 0) is 11.6 Å². The lowest BCUT2D eigenvalue weighted by molar-refractivity contribution is -0.893. The van der Waals surface area contributed by atoms with Crippen LogP contribution in [0.15, 0.2) is 36.4 Å². The molecule has 0 radical (unpaired) electrons. The molecule has 1 amide bonds. The molecular weight excluding hydrogens is 300 g/mol. The minimum atomic E-state index is -0.486. The van der Waals surface area contributed by atoms with Crippen molar-refractivity contribution in [3.05, 3.63) is 42.0 Å². The van der Waals surface area contributed by atoms with Crippen molar-refractivity contribution in [2.24, 2.45) is 0 Å². The third kappa shape index (κ3) is 8.17. The highest BCUT2D eigenvalue weighted by Crippen LogP contribution is 2.03. The Hall–Kier alpha value is -1.36. The van der Waals surface area contributed by atoms with E-state index in [0.717, 1.165) is 18.5 Å². The quantitative estimate of drug-likeness (QED) is 0.315. The summed E-state index contributed by atoms with van der Waals surface area (Å²) >= 11 is 5.62. The molecule has 0 heterocycles. The SMILES string of the molecule is C[N+](C)(CCCNC(=O)C=Cc1ccccc1)CC(O)CCl. The van der Waals surface area contributed by atoms with E-state index in [1.54, 1.807) is 12.2 Å². The summed E-state index contributed by atoms with van der Waals surface area (Å²) in [5.41, 5.74) is 1.01. The van der Waals surface area contributed by atoms with Gasteiger partial charge in [-0.2, -0.15) is 0 Å². The summed E-state index contributed by atoms with van der Waals surface area (Å²) in [4.78, 5) is 11.7. The van der Waals surface area contributed by atoms with Crippen molar-refractivity contribution in [1.82, 2.24) is 5.32 Å². The van der Waals surface area contributed by atoms with E-state index in [2.05, 4.69) is 5.32 Å². The lowest BCUT2D eigenvalue weighted by atomic mass is 10.2. The molecule has 0 saturated heterocycles. The van der Waals surface area contributed by atoms with Gasteiger partial charge < -0.3 is 14.9 Å². The second-order valence-electron chi connectivity index (χ2n) is 6.04. The number of carbonyl (C=O) groups excluding carboxylic acids is 1. The van der Waals surface area contributed by atoms with E-state index < -0.39 is 6.10 Å². The molecular formula is C17H26ClN2O2+. The lowest BCUT2D eigenvalue weighted by Gasteiger charge is -2.31. The smallest absolute Gasteiger partial charge is 0.244 e. The van der Waals surface area contributed by atoms with Crippen LogP contribution in [-0.2, 0) is 4.79 Å². The molecule has 0 spiro atoms. The van der Waals surface area contributed by atoms with Crippen molar-refractivity contribution in [2.45, 2.75) is 12.5 Å². The summed E-state index contributed by atoms with van der Waals surface area (Å²) in [5, 5.41) is 12.5. The van der Waals surface area contributed by atoms with E-state index in [-0.39, 0.29) is 11.8 Å². The van der Waals surface area contributed by atoms with Crippen LogP contribution in [0.1, 0.15) is 12.0 Å².